The highest BCUT2D eigenvalue weighted by atomic mass is 32.2. The molecule has 1 aliphatic carbocycles. The van der Waals surface area contributed by atoms with Crippen LogP contribution in [0.25, 0.3) is 21.0 Å². The molecule has 7 heteroatoms. The molecule has 2 aromatic carbocycles. The summed E-state index contributed by atoms with van der Waals surface area (Å²) in [5.41, 5.74) is 2.07. The number of thioether (sulfide) groups is 1. The number of aryl methyl sites for hydroxylation is 2. The van der Waals surface area contributed by atoms with Crippen LogP contribution in [0, 0.1) is 5.92 Å². The summed E-state index contributed by atoms with van der Waals surface area (Å²) in [6.07, 6.45) is 5.22. The Morgan fingerprint density at radius 2 is 1.94 bits per heavy atom. The maximum atomic E-state index is 13.6. The molecule has 1 N–H and O–H groups in total. The Balaban J connectivity index is 1.42. The number of benzene rings is 2. The predicted molar refractivity (Wildman–Crippen MR) is 143 cm³/mol. The number of anilines is 1. The molecule has 0 saturated carbocycles. The largest absolute Gasteiger partial charge is 0.325 e. The zero-order valence-electron chi connectivity index (χ0n) is 19.6. The van der Waals surface area contributed by atoms with Crippen molar-refractivity contribution in [2.24, 2.45) is 5.92 Å². The smallest absolute Gasteiger partial charge is 0.263 e. The van der Waals surface area contributed by atoms with Crippen LogP contribution >= 0.6 is 23.1 Å². The van der Waals surface area contributed by atoms with Gasteiger partial charge in [-0.3, -0.25) is 14.2 Å². The molecule has 1 aliphatic rings. The number of aromatic nitrogens is 2. The van der Waals surface area contributed by atoms with Gasteiger partial charge in [0.2, 0.25) is 5.91 Å². The Morgan fingerprint density at radius 1 is 1.15 bits per heavy atom. The molecular weight excluding hydrogens is 462 g/mol. The molecule has 5 nitrogen and oxygen atoms in total. The second kappa shape index (κ2) is 9.92. The van der Waals surface area contributed by atoms with Gasteiger partial charge in [-0.25, -0.2) is 4.98 Å². The van der Waals surface area contributed by atoms with E-state index in [-0.39, 0.29) is 17.2 Å². The zero-order chi connectivity index (χ0) is 23.7. The number of hydrogen-bond donors (Lipinski definition) is 1. The van der Waals surface area contributed by atoms with Crippen molar-refractivity contribution in [2.45, 2.75) is 57.7 Å². The molecule has 0 unspecified atom stereocenters. The normalized spacial score (nSPS) is 13.5. The molecule has 0 fully saturated rings. The van der Waals surface area contributed by atoms with E-state index in [1.807, 2.05) is 42.5 Å². The number of amides is 1. The summed E-state index contributed by atoms with van der Waals surface area (Å²) in [7, 11) is 0. The summed E-state index contributed by atoms with van der Waals surface area (Å²) in [5.74, 6) is 0.580. The molecule has 34 heavy (non-hydrogen) atoms. The van der Waals surface area contributed by atoms with Crippen LogP contribution < -0.4 is 10.9 Å². The molecule has 0 radical (unpaired) electrons. The van der Waals surface area contributed by atoms with Crippen molar-refractivity contribution < 1.29 is 4.79 Å². The van der Waals surface area contributed by atoms with E-state index in [9.17, 15) is 9.59 Å². The lowest BCUT2D eigenvalue weighted by molar-refractivity contribution is -0.113. The second-order valence-electron chi connectivity index (χ2n) is 9.29. The van der Waals surface area contributed by atoms with Gasteiger partial charge >= 0.3 is 0 Å². The fourth-order valence-corrected chi connectivity index (χ4v) is 6.69. The summed E-state index contributed by atoms with van der Waals surface area (Å²) in [4.78, 5) is 33.5. The Labute approximate surface area is 207 Å². The molecule has 0 saturated heterocycles. The Hall–Kier alpha value is -2.64. The average molecular weight is 492 g/mol. The number of thiophene rings is 1. The molecule has 176 valence electrons. The van der Waals surface area contributed by atoms with Crippen LogP contribution in [0.2, 0.25) is 0 Å². The first-order chi connectivity index (χ1) is 16.5. The monoisotopic (exact) mass is 491 g/mol. The van der Waals surface area contributed by atoms with E-state index in [1.165, 1.54) is 28.6 Å². The van der Waals surface area contributed by atoms with Gasteiger partial charge in [0.25, 0.3) is 5.56 Å². The third-order valence-electron chi connectivity index (χ3n) is 6.37. The van der Waals surface area contributed by atoms with E-state index in [2.05, 4.69) is 19.2 Å². The molecular formula is C27H29N3O2S2. The van der Waals surface area contributed by atoms with Gasteiger partial charge < -0.3 is 5.32 Å². The zero-order valence-corrected chi connectivity index (χ0v) is 21.2. The Morgan fingerprint density at radius 3 is 2.79 bits per heavy atom. The van der Waals surface area contributed by atoms with Crippen molar-refractivity contribution in [3.05, 3.63) is 63.3 Å². The van der Waals surface area contributed by atoms with Crippen molar-refractivity contribution in [3.8, 4) is 0 Å². The lowest BCUT2D eigenvalue weighted by atomic mass is 9.97. The molecule has 4 aromatic rings. The van der Waals surface area contributed by atoms with Gasteiger partial charge in [0.1, 0.15) is 4.83 Å². The fourth-order valence-electron chi connectivity index (χ4n) is 4.57. The first-order valence-electron chi connectivity index (χ1n) is 12.0. The summed E-state index contributed by atoms with van der Waals surface area (Å²) >= 11 is 3.01. The van der Waals surface area contributed by atoms with Crippen LogP contribution in [0.4, 0.5) is 5.69 Å². The third kappa shape index (κ3) is 4.64. The molecule has 0 aliphatic heterocycles. The predicted octanol–water partition coefficient (Wildman–Crippen LogP) is 6.27. The highest BCUT2D eigenvalue weighted by Crippen LogP contribution is 2.35. The van der Waals surface area contributed by atoms with Crippen LogP contribution in [0.3, 0.4) is 0 Å². The van der Waals surface area contributed by atoms with Gasteiger partial charge in [0.15, 0.2) is 5.16 Å². The minimum Gasteiger partial charge on any atom is -0.325 e. The number of hydrogen-bond acceptors (Lipinski definition) is 5. The highest BCUT2D eigenvalue weighted by Gasteiger charge is 2.22. The quantitative estimate of drug-likeness (QED) is 0.245. The topological polar surface area (TPSA) is 64.0 Å². The van der Waals surface area contributed by atoms with Crippen molar-refractivity contribution in [1.29, 1.82) is 0 Å². The number of nitrogens with one attached hydrogen (secondary N) is 1. The minimum absolute atomic E-state index is 0.0574. The van der Waals surface area contributed by atoms with Crippen molar-refractivity contribution >= 4 is 55.7 Å². The first kappa shape index (κ1) is 23.1. The van der Waals surface area contributed by atoms with Crippen LogP contribution in [-0.4, -0.2) is 21.2 Å². The van der Waals surface area contributed by atoms with Crippen LogP contribution in [0.15, 0.2) is 52.4 Å². The van der Waals surface area contributed by atoms with E-state index in [1.54, 1.807) is 15.9 Å². The van der Waals surface area contributed by atoms with Gasteiger partial charge in [-0.15, -0.1) is 11.3 Å². The third-order valence-corrected chi connectivity index (χ3v) is 8.53. The number of nitrogens with zero attached hydrogens (tertiary/aromatic N) is 2. The van der Waals surface area contributed by atoms with E-state index in [4.69, 9.17) is 4.98 Å². The second-order valence-corrected chi connectivity index (χ2v) is 11.3. The fraction of sp³-hybridized carbons (Fsp3) is 0.370. The lowest BCUT2D eigenvalue weighted by Crippen LogP contribution is -2.25. The first-order valence-corrected chi connectivity index (χ1v) is 13.8. The van der Waals surface area contributed by atoms with Crippen molar-refractivity contribution in [1.82, 2.24) is 9.55 Å². The summed E-state index contributed by atoms with van der Waals surface area (Å²) in [5, 5.41) is 6.60. The number of rotatable bonds is 7. The molecule has 0 bridgehead atoms. The maximum absolute atomic E-state index is 13.6. The lowest BCUT2D eigenvalue weighted by Gasteiger charge is -2.14. The number of fused-ring (bicyclic) bond motifs is 4. The number of carbonyl (C=O) groups is 1. The van der Waals surface area contributed by atoms with Crippen molar-refractivity contribution in [2.75, 3.05) is 11.1 Å². The summed E-state index contributed by atoms with van der Waals surface area (Å²) < 4.78 is 1.81. The van der Waals surface area contributed by atoms with Gasteiger partial charge in [0.05, 0.1) is 11.1 Å². The van der Waals surface area contributed by atoms with E-state index in [0.29, 0.717) is 17.6 Å². The summed E-state index contributed by atoms with van der Waals surface area (Å²) in [6.45, 7) is 4.94. The number of carbonyl (C=O) groups excluding carboxylic acids is 1. The molecule has 0 atom stereocenters. The Kier molecular flexibility index (Phi) is 6.75. The highest BCUT2D eigenvalue weighted by molar-refractivity contribution is 7.99. The van der Waals surface area contributed by atoms with Crippen LogP contribution in [0.1, 0.15) is 43.6 Å². The van der Waals surface area contributed by atoms with Gasteiger partial charge in [-0.05, 0) is 55.0 Å². The summed E-state index contributed by atoms with van der Waals surface area (Å²) in [6, 6.07) is 13.9. The molecule has 0 spiro atoms. The standard InChI is InChI=1S/C27H29N3O2S2/c1-17(2)14-15-30-26(32)24-20-11-5-6-13-22(20)34-25(24)29-27(30)33-16-23(31)28-21-12-7-9-18-8-3-4-10-19(18)21/h3-4,7-10,12,17H,5-6,11,13-16H2,1-2H3,(H,28,31). The van der Waals surface area contributed by atoms with Crippen LogP contribution in [-0.2, 0) is 24.2 Å². The maximum Gasteiger partial charge on any atom is 0.263 e. The van der Waals surface area contributed by atoms with Gasteiger partial charge in [-0.2, -0.15) is 0 Å². The van der Waals surface area contributed by atoms with Gasteiger partial charge in [-0.1, -0.05) is 62.0 Å². The van der Waals surface area contributed by atoms with E-state index in [0.717, 1.165) is 52.4 Å². The van der Waals surface area contributed by atoms with Crippen LogP contribution in [0.5, 0.6) is 0 Å². The molecule has 2 heterocycles. The van der Waals surface area contributed by atoms with Crippen molar-refractivity contribution in [3.63, 3.8) is 0 Å². The van der Waals surface area contributed by atoms with Gasteiger partial charge in [0, 0.05) is 22.5 Å². The molecule has 1 amide bonds. The molecule has 5 rings (SSSR count). The minimum atomic E-state index is -0.100. The Bertz CT molecular complexity index is 1420. The van der Waals surface area contributed by atoms with E-state index < -0.39 is 0 Å². The van der Waals surface area contributed by atoms with E-state index >= 15 is 0 Å². The SMILES string of the molecule is CC(C)CCn1c(SCC(=O)Nc2cccc3ccccc23)nc2sc3c(c2c1=O)CCCC3. The average Bonchev–Trinajstić information content (AvgIpc) is 3.21. The molecule has 2 aromatic heterocycles.